The van der Waals surface area contributed by atoms with E-state index in [1.807, 2.05) is 6.08 Å². The van der Waals surface area contributed by atoms with E-state index in [9.17, 15) is 5.11 Å². The number of hydrogen-bond donors (Lipinski definition) is 1. The minimum absolute atomic E-state index is 0.0551. The van der Waals surface area contributed by atoms with Gasteiger partial charge in [-0.05, 0) is 18.8 Å². The van der Waals surface area contributed by atoms with Crippen molar-refractivity contribution in [2.24, 2.45) is 5.41 Å². The van der Waals surface area contributed by atoms with Gasteiger partial charge in [0.2, 0.25) is 0 Å². The van der Waals surface area contributed by atoms with Crippen molar-refractivity contribution in [3.8, 4) is 0 Å². The van der Waals surface area contributed by atoms with Gasteiger partial charge >= 0.3 is 0 Å². The lowest BCUT2D eigenvalue weighted by molar-refractivity contribution is -0.0445. The number of aliphatic hydroxyl groups is 1. The van der Waals surface area contributed by atoms with Gasteiger partial charge in [-0.25, -0.2) is 0 Å². The number of hydrogen-bond acceptors (Lipinski definition) is 2. The van der Waals surface area contributed by atoms with E-state index in [4.69, 9.17) is 4.74 Å². The molecular weight excluding hydrogens is 152 g/mol. The molecule has 1 saturated heterocycles. The van der Waals surface area contributed by atoms with E-state index in [1.165, 1.54) is 0 Å². The summed E-state index contributed by atoms with van der Waals surface area (Å²) in [5.74, 6) is 0. The van der Waals surface area contributed by atoms with E-state index in [-0.39, 0.29) is 17.6 Å². The molecule has 70 valence electrons. The Labute approximate surface area is 74.2 Å². The fourth-order valence-electron chi connectivity index (χ4n) is 1.96. The summed E-state index contributed by atoms with van der Waals surface area (Å²) < 4.78 is 5.62. The molecule has 1 N–H and O–H groups in total. The highest BCUT2D eigenvalue weighted by Gasteiger charge is 2.42. The van der Waals surface area contributed by atoms with Crippen LogP contribution in [0.2, 0.25) is 0 Å². The van der Waals surface area contributed by atoms with Gasteiger partial charge in [-0.2, -0.15) is 0 Å². The fraction of sp³-hybridized carbons (Fsp3) is 0.800. The Morgan fingerprint density at radius 1 is 1.67 bits per heavy atom. The van der Waals surface area contributed by atoms with Crippen molar-refractivity contribution in [2.45, 2.75) is 45.5 Å². The minimum atomic E-state index is -0.398. The molecule has 1 rings (SSSR count). The van der Waals surface area contributed by atoms with E-state index in [0.717, 1.165) is 6.42 Å². The maximum atomic E-state index is 9.44. The van der Waals surface area contributed by atoms with E-state index < -0.39 is 6.10 Å². The van der Waals surface area contributed by atoms with Gasteiger partial charge in [0.15, 0.2) is 0 Å². The lowest BCUT2D eigenvalue weighted by Gasteiger charge is -2.27. The Hall–Kier alpha value is -0.340. The van der Waals surface area contributed by atoms with E-state index in [0.29, 0.717) is 0 Å². The third kappa shape index (κ3) is 1.70. The van der Waals surface area contributed by atoms with Gasteiger partial charge in [0.1, 0.15) is 0 Å². The zero-order valence-electron chi connectivity index (χ0n) is 8.08. The van der Waals surface area contributed by atoms with Gasteiger partial charge in [0.05, 0.1) is 18.3 Å². The largest absolute Gasteiger partial charge is 0.391 e. The molecule has 0 radical (unpaired) electrons. The van der Waals surface area contributed by atoms with Crippen molar-refractivity contribution in [1.82, 2.24) is 0 Å². The molecule has 2 heteroatoms. The average Bonchev–Trinajstić information content (AvgIpc) is 2.25. The zero-order valence-corrected chi connectivity index (χ0v) is 8.08. The first-order valence-electron chi connectivity index (χ1n) is 4.43. The highest BCUT2D eigenvalue weighted by atomic mass is 16.5. The van der Waals surface area contributed by atoms with Crippen LogP contribution in [0, 0.1) is 5.41 Å². The molecule has 1 fully saturated rings. The van der Waals surface area contributed by atoms with Crippen LogP contribution in [0.15, 0.2) is 12.7 Å². The van der Waals surface area contributed by atoms with E-state index >= 15 is 0 Å². The van der Waals surface area contributed by atoms with Crippen LogP contribution in [0.1, 0.15) is 27.2 Å². The maximum absolute atomic E-state index is 9.44. The molecule has 12 heavy (non-hydrogen) atoms. The number of rotatable bonds is 2. The predicted molar refractivity (Wildman–Crippen MR) is 48.9 cm³/mol. The average molecular weight is 170 g/mol. The Kier molecular flexibility index (Phi) is 2.59. The van der Waals surface area contributed by atoms with Crippen LogP contribution in [0.3, 0.4) is 0 Å². The summed E-state index contributed by atoms with van der Waals surface area (Å²) in [7, 11) is 0. The fourth-order valence-corrected chi connectivity index (χ4v) is 1.96. The third-order valence-electron chi connectivity index (χ3n) is 2.52. The number of ether oxygens (including phenoxy) is 1. The first-order valence-corrected chi connectivity index (χ1v) is 4.43. The van der Waals surface area contributed by atoms with Crippen LogP contribution in [-0.2, 0) is 4.74 Å². The Morgan fingerprint density at radius 2 is 2.25 bits per heavy atom. The van der Waals surface area contributed by atoms with Crippen LogP contribution < -0.4 is 0 Å². The van der Waals surface area contributed by atoms with Crippen LogP contribution in [0.5, 0.6) is 0 Å². The molecule has 0 spiro atoms. The van der Waals surface area contributed by atoms with Gasteiger partial charge in [0, 0.05) is 0 Å². The summed E-state index contributed by atoms with van der Waals surface area (Å²) in [6.07, 6.45) is 2.42. The minimum Gasteiger partial charge on any atom is -0.391 e. The summed E-state index contributed by atoms with van der Waals surface area (Å²) in [6, 6.07) is 0. The normalized spacial score (nSPS) is 36.3. The topological polar surface area (TPSA) is 29.5 Å². The van der Waals surface area contributed by atoms with Crippen molar-refractivity contribution in [3.63, 3.8) is 0 Å². The lowest BCUT2D eigenvalue weighted by atomic mass is 9.82. The molecule has 0 aliphatic carbocycles. The van der Waals surface area contributed by atoms with E-state index in [2.05, 4.69) is 20.4 Å². The second-order valence-corrected chi connectivity index (χ2v) is 4.26. The third-order valence-corrected chi connectivity index (χ3v) is 2.52. The first kappa shape index (κ1) is 9.75. The van der Waals surface area contributed by atoms with Crippen molar-refractivity contribution < 1.29 is 9.84 Å². The zero-order chi connectivity index (χ0) is 9.35. The molecule has 1 aliphatic heterocycles. The molecule has 0 aromatic rings. The van der Waals surface area contributed by atoms with Crippen molar-refractivity contribution >= 4 is 0 Å². The summed E-state index contributed by atoms with van der Waals surface area (Å²) in [6.45, 7) is 9.71. The molecule has 2 nitrogen and oxygen atoms in total. The van der Waals surface area contributed by atoms with Crippen LogP contribution in [0.25, 0.3) is 0 Å². The predicted octanol–water partition coefficient (Wildman–Crippen LogP) is 1.74. The van der Waals surface area contributed by atoms with Gasteiger partial charge in [-0.1, -0.05) is 19.9 Å². The second-order valence-electron chi connectivity index (χ2n) is 4.26. The van der Waals surface area contributed by atoms with Crippen LogP contribution >= 0.6 is 0 Å². The molecule has 0 bridgehead atoms. The number of aliphatic hydroxyl groups excluding tert-OH is 1. The van der Waals surface area contributed by atoms with Crippen molar-refractivity contribution in [3.05, 3.63) is 12.7 Å². The molecule has 3 unspecified atom stereocenters. The summed E-state index contributed by atoms with van der Waals surface area (Å²) in [4.78, 5) is 0. The van der Waals surface area contributed by atoms with E-state index in [1.54, 1.807) is 6.92 Å². The summed E-state index contributed by atoms with van der Waals surface area (Å²) in [5, 5.41) is 9.44. The molecule has 0 amide bonds. The van der Waals surface area contributed by atoms with Crippen LogP contribution in [-0.4, -0.2) is 23.4 Å². The smallest absolute Gasteiger partial charge is 0.0891 e. The van der Waals surface area contributed by atoms with Gasteiger partial charge in [-0.3, -0.25) is 0 Å². The standard InChI is InChI=1S/C10H18O2/c1-5-8-6-10(3,4)9(12-8)7(2)11/h5,7-9,11H,1,6H2,2-4H3. The monoisotopic (exact) mass is 170 g/mol. The molecular formula is C10H18O2. The molecule has 0 saturated carbocycles. The lowest BCUT2D eigenvalue weighted by Crippen LogP contribution is -2.34. The molecule has 1 aliphatic rings. The molecule has 1 heterocycles. The molecule has 0 aromatic heterocycles. The Bertz CT molecular complexity index is 173. The molecule has 3 atom stereocenters. The molecule has 0 aromatic carbocycles. The quantitative estimate of drug-likeness (QED) is 0.640. The van der Waals surface area contributed by atoms with Gasteiger partial charge < -0.3 is 9.84 Å². The SMILES string of the molecule is C=CC1CC(C)(C)C(C(C)O)O1. The maximum Gasteiger partial charge on any atom is 0.0891 e. The van der Waals surface area contributed by atoms with Crippen molar-refractivity contribution in [2.75, 3.05) is 0 Å². The first-order chi connectivity index (χ1) is 5.47. The van der Waals surface area contributed by atoms with Crippen molar-refractivity contribution in [1.29, 1.82) is 0 Å². The van der Waals surface area contributed by atoms with Gasteiger partial charge in [0.25, 0.3) is 0 Å². The summed E-state index contributed by atoms with van der Waals surface area (Å²) >= 11 is 0. The van der Waals surface area contributed by atoms with Crippen LogP contribution in [0.4, 0.5) is 0 Å². The Morgan fingerprint density at radius 3 is 2.50 bits per heavy atom. The second kappa shape index (κ2) is 3.19. The highest BCUT2D eigenvalue weighted by Crippen LogP contribution is 2.39. The van der Waals surface area contributed by atoms with Gasteiger partial charge in [-0.15, -0.1) is 6.58 Å². The highest BCUT2D eigenvalue weighted by molar-refractivity contribution is 4.97. The summed E-state index contributed by atoms with van der Waals surface area (Å²) in [5.41, 5.74) is 0.0625. The Balaban J connectivity index is 2.70.